The Bertz CT molecular complexity index is 949. The zero-order chi connectivity index (χ0) is 25.1. The van der Waals surface area contributed by atoms with Gasteiger partial charge >= 0.3 is 0 Å². The molecule has 0 saturated heterocycles. The van der Waals surface area contributed by atoms with E-state index in [-0.39, 0.29) is 18.3 Å². The standard InChI is InChI=1S/C28H40ClN3O3/c29-25-6-4-5-22(20-25)12-16-32(17-13-28(30)35,26-7-2-1-3-8-26)18-15-31-14-11-23-9-10-27(34)24(19-23)21-33/h4-6,9-10,19-20,26,31,33H,1-3,7-8,11-18,21H2,(H2-,30,34,35)/p+1. The van der Waals surface area contributed by atoms with Gasteiger partial charge in [0.2, 0.25) is 5.91 Å². The number of nitrogens with two attached hydrogens (primary N) is 1. The van der Waals surface area contributed by atoms with E-state index in [0.29, 0.717) is 18.0 Å². The molecular formula is C28H41ClN3O3+. The third-order valence-corrected chi connectivity index (χ3v) is 7.76. The van der Waals surface area contributed by atoms with Gasteiger partial charge in [-0.15, -0.1) is 0 Å². The molecule has 5 N–H and O–H groups in total. The summed E-state index contributed by atoms with van der Waals surface area (Å²) in [6.45, 7) is 4.20. The Morgan fingerprint density at radius 2 is 1.77 bits per heavy atom. The van der Waals surface area contributed by atoms with Crippen molar-refractivity contribution in [3.05, 3.63) is 64.2 Å². The number of nitrogens with zero attached hydrogens (tertiary/aromatic N) is 1. The minimum Gasteiger partial charge on any atom is -0.508 e. The van der Waals surface area contributed by atoms with Gasteiger partial charge < -0.3 is 25.7 Å². The molecule has 1 saturated carbocycles. The first-order valence-electron chi connectivity index (χ1n) is 12.9. The van der Waals surface area contributed by atoms with Crippen LogP contribution in [0.5, 0.6) is 5.75 Å². The molecule has 1 atom stereocenters. The molecule has 1 unspecified atom stereocenters. The topological polar surface area (TPSA) is 95.6 Å². The number of hydrogen-bond acceptors (Lipinski definition) is 4. The molecule has 7 heteroatoms. The van der Waals surface area contributed by atoms with Crippen molar-refractivity contribution < 1.29 is 19.5 Å². The summed E-state index contributed by atoms with van der Waals surface area (Å²) in [6, 6.07) is 14.0. The number of aliphatic hydroxyl groups excluding tert-OH is 1. The number of aliphatic hydroxyl groups is 1. The molecule has 6 nitrogen and oxygen atoms in total. The summed E-state index contributed by atoms with van der Waals surface area (Å²) in [5.41, 5.74) is 8.49. The number of carbonyl (C=O) groups is 1. The van der Waals surface area contributed by atoms with Gasteiger partial charge in [-0.2, -0.15) is 0 Å². The highest BCUT2D eigenvalue weighted by molar-refractivity contribution is 6.30. The van der Waals surface area contributed by atoms with E-state index in [1.165, 1.54) is 37.7 Å². The lowest BCUT2D eigenvalue weighted by atomic mass is 9.91. The molecule has 2 aromatic carbocycles. The number of aromatic hydroxyl groups is 1. The van der Waals surface area contributed by atoms with Gasteiger partial charge in [-0.1, -0.05) is 36.2 Å². The first kappa shape index (κ1) is 27.5. The van der Waals surface area contributed by atoms with Crippen molar-refractivity contribution in [3.8, 4) is 5.75 Å². The van der Waals surface area contributed by atoms with Crippen LogP contribution in [-0.4, -0.2) is 59.4 Å². The fraction of sp³-hybridized carbons (Fsp3) is 0.536. The second kappa shape index (κ2) is 13.8. The average molecular weight is 503 g/mol. The third-order valence-electron chi connectivity index (χ3n) is 7.53. The van der Waals surface area contributed by atoms with Crippen LogP contribution in [0.1, 0.15) is 55.2 Å². The highest BCUT2D eigenvalue weighted by atomic mass is 35.5. The maximum absolute atomic E-state index is 11.8. The number of amides is 1. The van der Waals surface area contributed by atoms with Crippen molar-refractivity contribution >= 4 is 17.5 Å². The van der Waals surface area contributed by atoms with Crippen molar-refractivity contribution in [2.45, 2.75) is 64.0 Å². The number of carbonyl (C=O) groups excluding carboxylic acids is 1. The summed E-state index contributed by atoms with van der Waals surface area (Å²) in [4.78, 5) is 11.8. The first-order valence-corrected chi connectivity index (χ1v) is 13.3. The van der Waals surface area contributed by atoms with Crippen molar-refractivity contribution in [2.24, 2.45) is 5.73 Å². The molecule has 1 fully saturated rings. The molecule has 1 aliphatic carbocycles. The van der Waals surface area contributed by atoms with Gasteiger partial charge in [-0.25, -0.2) is 0 Å². The lowest BCUT2D eigenvalue weighted by Crippen LogP contribution is -2.60. The van der Waals surface area contributed by atoms with Gasteiger partial charge in [-0.3, -0.25) is 4.79 Å². The third kappa shape index (κ3) is 8.50. The maximum Gasteiger partial charge on any atom is 0.223 e. The number of quaternary nitrogens is 1. The number of nitrogens with one attached hydrogen (secondary N) is 1. The summed E-state index contributed by atoms with van der Waals surface area (Å²) in [5.74, 6) is -0.0982. The van der Waals surface area contributed by atoms with Gasteiger partial charge in [0, 0.05) is 23.6 Å². The summed E-state index contributed by atoms with van der Waals surface area (Å²) in [6.07, 6.45) is 8.34. The summed E-state index contributed by atoms with van der Waals surface area (Å²) >= 11 is 6.24. The second-order valence-corrected chi connectivity index (χ2v) is 10.3. The lowest BCUT2D eigenvalue weighted by Gasteiger charge is -2.47. The monoisotopic (exact) mass is 502 g/mol. The molecule has 0 spiro atoms. The highest BCUT2D eigenvalue weighted by Gasteiger charge is 2.37. The Hall–Kier alpha value is -2.12. The van der Waals surface area contributed by atoms with Crippen molar-refractivity contribution in [1.29, 1.82) is 0 Å². The largest absolute Gasteiger partial charge is 0.508 e. The molecule has 0 aliphatic heterocycles. The zero-order valence-corrected chi connectivity index (χ0v) is 21.5. The van der Waals surface area contributed by atoms with Crippen LogP contribution in [0.25, 0.3) is 0 Å². The van der Waals surface area contributed by atoms with E-state index in [9.17, 15) is 15.0 Å². The van der Waals surface area contributed by atoms with E-state index in [0.717, 1.165) is 60.6 Å². The van der Waals surface area contributed by atoms with Crippen LogP contribution in [0, 0.1) is 0 Å². The van der Waals surface area contributed by atoms with E-state index in [1.54, 1.807) is 6.07 Å². The molecule has 0 radical (unpaired) electrons. The van der Waals surface area contributed by atoms with Crippen LogP contribution in [0.3, 0.4) is 0 Å². The summed E-state index contributed by atoms with van der Waals surface area (Å²) < 4.78 is 0.913. The second-order valence-electron chi connectivity index (χ2n) is 9.90. The van der Waals surface area contributed by atoms with Crippen molar-refractivity contribution in [3.63, 3.8) is 0 Å². The smallest absolute Gasteiger partial charge is 0.223 e. The number of benzene rings is 2. The number of hydrogen-bond donors (Lipinski definition) is 4. The fourth-order valence-electron chi connectivity index (χ4n) is 5.47. The molecule has 0 heterocycles. The van der Waals surface area contributed by atoms with Gasteiger partial charge in [-0.05, 0) is 74.0 Å². The Labute approximate surface area is 214 Å². The van der Waals surface area contributed by atoms with Crippen LogP contribution < -0.4 is 11.1 Å². The van der Waals surface area contributed by atoms with Crippen LogP contribution in [0.15, 0.2) is 42.5 Å². The summed E-state index contributed by atoms with van der Waals surface area (Å²) in [5, 5.41) is 23.5. The lowest BCUT2D eigenvalue weighted by molar-refractivity contribution is -0.950. The zero-order valence-electron chi connectivity index (χ0n) is 20.7. The van der Waals surface area contributed by atoms with Gasteiger partial charge in [0.1, 0.15) is 5.75 Å². The molecule has 0 bridgehead atoms. The fourth-order valence-corrected chi connectivity index (χ4v) is 5.68. The molecule has 2 aromatic rings. The first-order chi connectivity index (χ1) is 16.9. The molecule has 3 rings (SSSR count). The predicted octanol–water partition coefficient (Wildman–Crippen LogP) is 3.94. The van der Waals surface area contributed by atoms with E-state index >= 15 is 0 Å². The predicted molar refractivity (Wildman–Crippen MR) is 141 cm³/mol. The van der Waals surface area contributed by atoms with Crippen LogP contribution in [0.2, 0.25) is 5.02 Å². The van der Waals surface area contributed by atoms with Gasteiger partial charge in [0.25, 0.3) is 0 Å². The van der Waals surface area contributed by atoms with E-state index in [4.69, 9.17) is 17.3 Å². The average Bonchev–Trinajstić information content (AvgIpc) is 2.86. The Morgan fingerprint density at radius 1 is 1.00 bits per heavy atom. The van der Waals surface area contributed by atoms with Crippen LogP contribution >= 0.6 is 11.6 Å². The number of rotatable bonds is 14. The molecule has 0 aromatic heterocycles. The van der Waals surface area contributed by atoms with Crippen LogP contribution in [0.4, 0.5) is 0 Å². The van der Waals surface area contributed by atoms with Crippen molar-refractivity contribution in [2.75, 3.05) is 32.7 Å². The van der Waals surface area contributed by atoms with Gasteiger partial charge in [0.15, 0.2) is 0 Å². The molecule has 35 heavy (non-hydrogen) atoms. The molecule has 1 amide bonds. The normalized spacial score (nSPS) is 16.2. The van der Waals surface area contributed by atoms with Crippen LogP contribution in [-0.2, 0) is 24.2 Å². The highest BCUT2D eigenvalue weighted by Crippen LogP contribution is 2.30. The SMILES string of the molecule is NC(=O)CC[N+](CCNCCc1ccc(O)c(CO)c1)(CCc1cccc(Cl)c1)C1CCCCC1. The Balaban J connectivity index is 1.65. The van der Waals surface area contributed by atoms with E-state index in [1.807, 2.05) is 30.3 Å². The number of phenols is 1. The minimum absolute atomic E-state index is 0.132. The number of primary amides is 1. The Kier molecular flexibility index (Phi) is 10.9. The minimum atomic E-state index is -0.231. The maximum atomic E-state index is 11.8. The summed E-state index contributed by atoms with van der Waals surface area (Å²) in [7, 11) is 0. The Morgan fingerprint density at radius 3 is 2.49 bits per heavy atom. The molecule has 192 valence electrons. The quantitative estimate of drug-likeness (QED) is 0.232. The number of halogens is 1. The van der Waals surface area contributed by atoms with E-state index in [2.05, 4.69) is 11.4 Å². The van der Waals surface area contributed by atoms with Gasteiger partial charge in [0.05, 0.1) is 38.7 Å². The van der Waals surface area contributed by atoms with E-state index < -0.39 is 0 Å². The molecule has 1 aliphatic rings. The van der Waals surface area contributed by atoms with Crippen molar-refractivity contribution in [1.82, 2.24) is 5.32 Å². The molecular weight excluding hydrogens is 462 g/mol.